The summed E-state index contributed by atoms with van der Waals surface area (Å²) in [6.45, 7) is 0. The number of fused-ring (bicyclic) bond motifs is 9. The molecular formula is C100H71N5Si3. The van der Waals surface area contributed by atoms with Gasteiger partial charge in [-0.15, -0.1) is 0 Å². The number of rotatable bonds is 16. The first-order valence-electron chi connectivity index (χ1n) is 43.5. The molecule has 20 rings (SSSR count). The minimum Gasteiger partial charge on any atom is -0.309 e. The van der Waals surface area contributed by atoms with Crippen molar-refractivity contribution in [2.24, 2.45) is 0 Å². The van der Waals surface area contributed by atoms with E-state index in [-0.39, 0.29) is 89.6 Å². The number of aromatic nitrogens is 5. The lowest BCUT2D eigenvalue weighted by atomic mass is 10.1. The third-order valence-electron chi connectivity index (χ3n) is 21.6. The standard InChI is InChI=1S/C100H71N5Si3/c1-10-36-72(37-11-1)106(73-38-12-2-13-39-73,74-40-14-3-15-41-74)81-64-67-96(103-92-58-32-28-54-84(92)85-55-29-33-59-93(85)103)90(68-81)91-71-99(104-94-60-34-30-56-86(94)88-65-62-82(69-97(88)104)107(75-42-16-4-17-43-75,76-44-18-5-19-45-76)77-46-20-6-21-47-77)102-100(101-91)105-95-61-35-31-57-87(95)89-66-63-83(70-98(89)105)108(78-48-22-7-23-49-78,79-50-24-8-25-51-79)80-52-26-9-27-53-80/h1-71H/i28D,29D,31D,32D,33D,35D,54D,55D,57D,58D,59D,61D,63D,66D,70D. The molecule has 0 N–H and O–H groups in total. The summed E-state index contributed by atoms with van der Waals surface area (Å²) in [4.78, 5) is 11.8. The van der Waals surface area contributed by atoms with Crippen LogP contribution in [0.5, 0.6) is 0 Å². The van der Waals surface area contributed by atoms with E-state index in [1.165, 1.54) is 9.13 Å². The van der Waals surface area contributed by atoms with Crippen molar-refractivity contribution in [1.82, 2.24) is 23.7 Å². The van der Waals surface area contributed by atoms with Crippen molar-refractivity contribution < 1.29 is 20.6 Å². The molecule has 0 atom stereocenters. The van der Waals surface area contributed by atoms with Crippen molar-refractivity contribution in [3.8, 4) is 28.7 Å². The van der Waals surface area contributed by atoms with Gasteiger partial charge in [0.25, 0.3) is 0 Å². The van der Waals surface area contributed by atoms with E-state index in [1.807, 2.05) is 206 Å². The SMILES string of the molecule is [2H]c1c([2H])c([2H])c2c(c1[2H])c1c([2H])c([2H])c([Si](c3ccccc3)(c3ccccc3)c3ccccc3)c([2H])c1n2-c1nc(-c2cc([Si](c3ccccc3)(c3ccccc3)c3ccccc3)ccc2-n2c3c([2H])c([2H])c([2H])c([2H])c3c3c([2H])c([2H])c([2H])c([2H])c32)cc(-n2c3ccccc3c3ccc([Si](c4ccccc4)(c4ccccc4)c4ccccc4)cc32)n1. The summed E-state index contributed by atoms with van der Waals surface area (Å²) in [7, 11) is -11.2. The predicted octanol–water partition coefficient (Wildman–Crippen LogP) is 15.6. The molecule has 0 aliphatic carbocycles. The van der Waals surface area contributed by atoms with E-state index in [0.717, 1.165) is 67.8 Å². The molecule has 0 aliphatic heterocycles. The highest BCUT2D eigenvalue weighted by Crippen LogP contribution is 2.40. The summed E-state index contributed by atoms with van der Waals surface area (Å²) < 4.78 is 156. The smallest absolute Gasteiger partial charge is 0.237 e. The first-order chi connectivity index (χ1) is 59.8. The first kappa shape index (κ1) is 50.2. The fourth-order valence-corrected chi connectivity index (χ4v) is 31.1. The van der Waals surface area contributed by atoms with Crippen LogP contribution in [0.4, 0.5) is 0 Å². The zero-order valence-electron chi connectivity index (χ0n) is 73.1. The summed E-state index contributed by atoms with van der Waals surface area (Å²) in [5.74, 6) is -0.0866. The molecule has 0 bridgehead atoms. The molecule has 5 nitrogen and oxygen atoms in total. The van der Waals surface area contributed by atoms with E-state index in [1.54, 1.807) is 0 Å². The van der Waals surface area contributed by atoms with E-state index >= 15 is 0 Å². The van der Waals surface area contributed by atoms with Gasteiger partial charge in [0.2, 0.25) is 5.95 Å². The Morgan fingerprint density at radius 1 is 0.222 bits per heavy atom. The van der Waals surface area contributed by atoms with Crippen LogP contribution in [-0.2, 0) is 0 Å². The van der Waals surface area contributed by atoms with Gasteiger partial charge >= 0.3 is 0 Å². The topological polar surface area (TPSA) is 40.6 Å². The van der Waals surface area contributed by atoms with Gasteiger partial charge in [0.15, 0.2) is 24.2 Å². The van der Waals surface area contributed by atoms with E-state index in [4.69, 9.17) is 9.97 Å². The summed E-state index contributed by atoms with van der Waals surface area (Å²) in [5, 5.41) is 11.5. The summed E-state index contributed by atoms with van der Waals surface area (Å²) in [6, 6.07) is 106. The van der Waals surface area contributed by atoms with Crippen LogP contribution in [0.25, 0.3) is 94.1 Å². The second-order valence-electron chi connectivity index (χ2n) is 27.1. The van der Waals surface area contributed by atoms with E-state index in [9.17, 15) is 20.6 Å². The van der Waals surface area contributed by atoms with Crippen LogP contribution in [0, 0.1) is 0 Å². The Kier molecular flexibility index (Phi) is 12.4. The Hall–Kier alpha value is -13.3. The fourth-order valence-electron chi connectivity index (χ4n) is 17.1. The number of hydrogen-bond donors (Lipinski definition) is 0. The zero-order chi connectivity index (χ0) is 84.6. The molecule has 0 amide bonds. The average Bonchev–Trinajstić information content (AvgIpc) is 1.57. The molecule has 508 valence electrons. The van der Waals surface area contributed by atoms with Gasteiger partial charge in [0.1, 0.15) is 5.82 Å². The fraction of sp³-hybridized carbons (Fsp3) is 0. The molecule has 0 spiro atoms. The van der Waals surface area contributed by atoms with Gasteiger partial charge < -0.3 is 4.57 Å². The van der Waals surface area contributed by atoms with Crippen LogP contribution in [0.2, 0.25) is 0 Å². The van der Waals surface area contributed by atoms with Gasteiger partial charge in [-0.3, -0.25) is 9.13 Å². The monoisotopic (exact) mass is 1440 g/mol. The molecule has 0 radical (unpaired) electrons. The summed E-state index contributed by atoms with van der Waals surface area (Å²) in [6.07, 6.45) is 0. The Bertz CT molecular complexity index is 7300. The second kappa shape index (κ2) is 26.7. The molecule has 0 saturated heterocycles. The molecule has 0 aliphatic rings. The number of benzene rings is 16. The average molecular weight is 1440 g/mol. The lowest BCUT2D eigenvalue weighted by molar-refractivity contribution is 0.951. The number of nitrogens with zero attached hydrogens (tertiary/aromatic N) is 5. The summed E-state index contributed by atoms with van der Waals surface area (Å²) in [5.41, 5.74) is 1.17. The molecular weight excluding hydrogens is 1360 g/mol. The maximum atomic E-state index is 11.6. The molecule has 20 aromatic rings. The minimum atomic E-state index is -4.08. The molecule has 16 aromatic carbocycles. The Morgan fingerprint density at radius 2 is 0.565 bits per heavy atom. The van der Waals surface area contributed by atoms with Gasteiger partial charge in [-0.25, -0.2) is 4.98 Å². The quantitative estimate of drug-likeness (QED) is 0.0714. The highest BCUT2D eigenvalue weighted by atomic mass is 28.3. The molecule has 0 fully saturated rings. The van der Waals surface area contributed by atoms with Crippen LogP contribution in [0.1, 0.15) is 20.6 Å². The van der Waals surface area contributed by atoms with Gasteiger partial charge in [0, 0.05) is 43.9 Å². The first-order valence-corrected chi connectivity index (χ1v) is 42.0. The van der Waals surface area contributed by atoms with Crippen molar-refractivity contribution in [2.45, 2.75) is 0 Å². The largest absolute Gasteiger partial charge is 0.309 e. The Balaban J connectivity index is 1.03. The van der Waals surface area contributed by atoms with E-state index in [2.05, 4.69) is 138 Å². The molecule has 4 aromatic heterocycles. The van der Waals surface area contributed by atoms with Gasteiger partial charge in [-0.2, -0.15) is 4.98 Å². The van der Waals surface area contributed by atoms with Crippen molar-refractivity contribution in [1.29, 1.82) is 0 Å². The van der Waals surface area contributed by atoms with Gasteiger partial charge in [0.05, 0.1) is 65.0 Å². The number of para-hydroxylation sites is 4. The highest BCUT2D eigenvalue weighted by Gasteiger charge is 2.45. The van der Waals surface area contributed by atoms with Crippen molar-refractivity contribution in [3.63, 3.8) is 0 Å². The van der Waals surface area contributed by atoms with Crippen LogP contribution >= 0.6 is 0 Å². The van der Waals surface area contributed by atoms with Crippen LogP contribution in [-0.4, -0.2) is 47.9 Å². The lowest BCUT2D eigenvalue weighted by Crippen LogP contribution is -2.74. The van der Waals surface area contributed by atoms with Gasteiger partial charge in [-0.05, 0) is 105 Å². The van der Waals surface area contributed by atoms with Crippen LogP contribution < -0.4 is 62.2 Å². The maximum Gasteiger partial charge on any atom is 0.237 e. The third-order valence-corrected chi connectivity index (χ3v) is 35.8. The predicted molar refractivity (Wildman–Crippen MR) is 461 cm³/mol. The molecule has 108 heavy (non-hydrogen) atoms. The van der Waals surface area contributed by atoms with Crippen LogP contribution in [0.3, 0.4) is 0 Å². The zero-order valence-corrected chi connectivity index (χ0v) is 61.1. The molecule has 0 saturated carbocycles. The molecule has 8 heteroatoms. The van der Waals surface area contributed by atoms with E-state index < -0.39 is 103 Å². The lowest BCUT2D eigenvalue weighted by Gasteiger charge is -2.35. The van der Waals surface area contributed by atoms with Crippen LogP contribution in [0.15, 0.2) is 430 Å². The second-order valence-corrected chi connectivity index (χ2v) is 38.4. The maximum absolute atomic E-state index is 11.6. The third kappa shape index (κ3) is 10.1. The Labute approximate surface area is 651 Å². The van der Waals surface area contributed by atoms with Crippen molar-refractivity contribution >= 4 is 152 Å². The van der Waals surface area contributed by atoms with Crippen molar-refractivity contribution in [2.75, 3.05) is 0 Å². The molecule has 4 heterocycles. The van der Waals surface area contributed by atoms with Gasteiger partial charge in [-0.1, -0.05) is 382 Å². The minimum absolute atomic E-state index is 0.0802. The Morgan fingerprint density at radius 3 is 0.991 bits per heavy atom. The highest BCUT2D eigenvalue weighted by molar-refractivity contribution is 7.21. The summed E-state index contributed by atoms with van der Waals surface area (Å²) >= 11 is 0. The van der Waals surface area contributed by atoms with Crippen molar-refractivity contribution in [3.05, 3.63) is 430 Å². The normalized spacial score (nSPS) is 14.0. The molecule has 0 unspecified atom stereocenters. The van der Waals surface area contributed by atoms with E-state index in [0.29, 0.717) is 11.0 Å². The number of hydrogen-bond acceptors (Lipinski definition) is 2.